The molecule has 0 spiro atoms. The van der Waals surface area contributed by atoms with Crippen LogP contribution in [-0.4, -0.2) is 11.5 Å². The van der Waals surface area contributed by atoms with E-state index in [0.717, 1.165) is 12.2 Å². The van der Waals surface area contributed by atoms with Gasteiger partial charge in [-0.15, -0.1) is 0 Å². The third-order valence-electron chi connectivity index (χ3n) is 3.50. The summed E-state index contributed by atoms with van der Waals surface area (Å²) in [6.45, 7) is 11.3. The minimum atomic E-state index is -0.340. The summed E-state index contributed by atoms with van der Waals surface area (Å²) >= 11 is 0. The van der Waals surface area contributed by atoms with Gasteiger partial charge in [-0.3, -0.25) is 10.1 Å². The minimum Gasteiger partial charge on any atom is -0.385 e. The lowest BCUT2D eigenvalue weighted by molar-refractivity contribution is -0.385. The molecule has 0 fully saturated rings. The fourth-order valence-electron chi connectivity index (χ4n) is 1.49. The lowest BCUT2D eigenvalue weighted by Crippen LogP contribution is -2.24. The van der Waals surface area contributed by atoms with Crippen LogP contribution in [0.3, 0.4) is 0 Å². The van der Waals surface area contributed by atoms with Gasteiger partial charge in [0, 0.05) is 23.9 Å². The summed E-state index contributed by atoms with van der Waals surface area (Å²) < 4.78 is 0. The fraction of sp³-hybridized carbons (Fsp3) is 0.571. The maximum absolute atomic E-state index is 10.8. The Bertz CT molecular complexity index is 436. The molecule has 0 amide bonds. The molecule has 0 bridgehead atoms. The Morgan fingerprint density at radius 3 is 2.50 bits per heavy atom. The number of hydrogen-bond acceptors (Lipinski definition) is 3. The Morgan fingerprint density at radius 2 is 2.00 bits per heavy atom. The van der Waals surface area contributed by atoms with Crippen molar-refractivity contribution in [3.05, 3.63) is 33.9 Å². The molecule has 4 nitrogen and oxygen atoms in total. The number of anilines is 1. The molecule has 1 unspecified atom stereocenters. The molecule has 1 aromatic carbocycles. The highest BCUT2D eigenvalue weighted by Crippen LogP contribution is 2.27. The average Bonchev–Trinajstić information content (AvgIpc) is 2.25. The number of nitro groups is 1. The van der Waals surface area contributed by atoms with Gasteiger partial charge in [0.25, 0.3) is 5.69 Å². The van der Waals surface area contributed by atoms with Gasteiger partial charge in [0.2, 0.25) is 0 Å². The van der Waals surface area contributed by atoms with Crippen molar-refractivity contribution in [1.82, 2.24) is 0 Å². The van der Waals surface area contributed by atoms with Crippen LogP contribution in [0.25, 0.3) is 0 Å². The van der Waals surface area contributed by atoms with Gasteiger partial charge in [-0.1, -0.05) is 33.8 Å². The number of rotatable bonds is 4. The van der Waals surface area contributed by atoms with Crippen molar-refractivity contribution in [2.45, 2.75) is 34.6 Å². The van der Waals surface area contributed by atoms with E-state index in [-0.39, 0.29) is 16.0 Å². The first-order valence-electron chi connectivity index (χ1n) is 6.20. The highest BCUT2D eigenvalue weighted by Gasteiger charge is 2.19. The Hall–Kier alpha value is -1.58. The second-order valence-corrected chi connectivity index (χ2v) is 5.91. The standard InChI is InChI=1S/C14H22N2O2/c1-10-6-7-12(8-13(10)16(17)18)15-9-11(2)14(3,4)5/h6-8,11,15H,9H2,1-5H3. The largest absolute Gasteiger partial charge is 0.385 e. The Labute approximate surface area is 109 Å². The van der Waals surface area contributed by atoms with Crippen LogP contribution in [0.4, 0.5) is 11.4 Å². The summed E-state index contributed by atoms with van der Waals surface area (Å²) in [5.74, 6) is 0.484. The van der Waals surface area contributed by atoms with Crippen molar-refractivity contribution < 1.29 is 4.92 Å². The van der Waals surface area contributed by atoms with Crippen LogP contribution >= 0.6 is 0 Å². The molecule has 0 aliphatic carbocycles. The molecular weight excluding hydrogens is 228 g/mol. The molecule has 0 aliphatic rings. The van der Waals surface area contributed by atoms with E-state index in [1.54, 1.807) is 19.1 Å². The first-order valence-corrected chi connectivity index (χ1v) is 6.20. The number of aryl methyl sites for hydroxylation is 1. The lowest BCUT2D eigenvalue weighted by Gasteiger charge is -2.27. The molecule has 18 heavy (non-hydrogen) atoms. The van der Waals surface area contributed by atoms with E-state index in [9.17, 15) is 10.1 Å². The second kappa shape index (κ2) is 5.38. The van der Waals surface area contributed by atoms with Gasteiger partial charge in [-0.25, -0.2) is 0 Å². The van der Waals surface area contributed by atoms with Gasteiger partial charge in [-0.05, 0) is 24.3 Å². The van der Waals surface area contributed by atoms with E-state index in [4.69, 9.17) is 0 Å². The second-order valence-electron chi connectivity index (χ2n) is 5.91. The zero-order chi connectivity index (χ0) is 13.9. The number of hydrogen-bond donors (Lipinski definition) is 1. The molecule has 100 valence electrons. The van der Waals surface area contributed by atoms with Crippen molar-refractivity contribution in [3.63, 3.8) is 0 Å². The third-order valence-corrected chi connectivity index (χ3v) is 3.50. The monoisotopic (exact) mass is 250 g/mol. The Balaban J connectivity index is 2.75. The molecule has 0 aliphatic heterocycles. The maximum Gasteiger partial charge on any atom is 0.274 e. The molecule has 1 aromatic rings. The van der Waals surface area contributed by atoms with Gasteiger partial charge >= 0.3 is 0 Å². The van der Waals surface area contributed by atoms with E-state index in [2.05, 4.69) is 33.0 Å². The van der Waals surface area contributed by atoms with Crippen molar-refractivity contribution in [2.75, 3.05) is 11.9 Å². The molecule has 0 saturated carbocycles. The van der Waals surface area contributed by atoms with E-state index in [1.807, 2.05) is 6.07 Å². The van der Waals surface area contributed by atoms with Gasteiger partial charge in [0.1, 0.15) is 0 Å². The smallest absolute Gasteiger partial charge is 0.274 e. The summed E-state index contributed by atoms with van der Waals surface area (Å²) in [4.78, 5) is 10.5. The minimum absolute atomic E-state index is 0.170. The van der Waals surface area contributed by atoms with Crippen LogP contribution in [-0.2, 0) is 0 Å². The number of nitro benzene ring substituents is 1. The van der Waals surface area contributed by atoms with E-state index in [0.29, 0.717) is 11.5 Å². The number of nitrogens with one attached hydrogen (secondary N) is 1. The van der Waals surface area contributed by atoms with Crippen LogP contribution in [0.1, 0.15) is 33.3 Å². The van der Waals surface area contributed by atoms with E-state index >= 15 is 0 Å². The lowest BCUT2D eigenvalue weighted by atomic mass is 9.82. The SMILES string of the molecule is Cc1ccc(NCC(C)C(C)(C)C)cc1[N+](=O)[O-]. The van der Waals surface area contributed by atoms with Crippen LogP contribution in [0, 0.1) is 28.4 Å². The van der Waals surface area contributed by atoms with Crippen LogP contribution < -0.4 is 5.32 Å². The van der Waals surface area contributed by atoms with Crippen molar-refractivity contribution in [1.29, 1.82) is 0 Å². The predicted molar refractivity (Wildman–Crippen MR) is 74.9 cm³/mol. The Kier molecular flexibility index (Phi) is 4.33. The summed E-state index contributed by atoms with van der Waals surface area (Å²) in [6.07, 6.45) is 0. The zero-order valence-corrected chi connectivity index (χ0v) is 11.8. The molecular formula is C14H22N2O2. The quantitative estimate of drug-likeness (QED) is 0.649. The summed E-state index contributed by atoms with van der Waals surface area (Å²) in [5.41, 5.74) is 1.89. The number of nitrogens with zero attached hydrogens (tertiary/aromatic N) is 1. The topological polar surface area (TPSA) is 55.2 Å². The molecule has 1 rings (SSSR count). The predicted octanol–water partition coefficient (Wildman–Crippen LogP) is 4.00. The normalized spacial score (nSPS) is 13.2. The zero-order valence-electron chi connectivity index (χ0n) is 11.8. The first-order chi connectivity index (χ1) is 8.21. The van der Waals surface area contributed by atoms with Gasteiger partial charge < -0.3 is 5.32 Å². The highest BCUT2D eigenvalue weighted by atomic mass is 16.6. The maximum atomic E-state index is 10.8. The van der Waals surface area contributed by atoms with Crippen molar-refractivity contribution >= 4 is 11.4 Å². The van der Waals surface area contributed by atoms with Crippen molar-refractivity contribution in [3.8, 4) is 0 Å². The van der Waals surface area contributed by atoms with Crippen LogP contribution in [0.15, 0.2) is 18.2 Å². The van der Waals surface area contributed by atoms with Crippen LogP contribution in [0.2, 0.25) is 0 Å². The molecule has 0 aromatic heterocycles. The first kappa shape index (κ1) is 14.5. The summed E-state index contributed by atoms with van der Waals surface area (Å²) in [6, 6.07) is 5.27. The van der Waals surface area contributed by atoms with Gasteiger partial charge in [0.05, 0.1) is 4.92 Å². The summed E-state index contributed by atoms with van der Waals surface area (Å²) in [7, 11) is 0. The van der Waals surface area contributed by atoms with Crippen LogP contribution in [0.5, 0.6) is 0 Å². The molecule has 1 atom stereocenters. The number of benzene rings is 1. The fourth-order valence-corrected chi connectivity index (χ4v) is 1.49. The molecule has 0 heterocycles. The molecule has 4 heteroatoms. The van der Waals surface area contributed by atoms with Gasteiger partial charge in [0.15, 0.2) is 0 Å². The van der Waals surface area contributed by atoms with Gasteiger partial charge in [-0.2, -0.15) is 0 Å². The molecule has 1 N–H and O–H groups in total. The third kappa shape index (κ3) is 3.72. The summed E-state index contributed by atoms with van der Waals surface area (Å²) in [5, 5.41) is 14.1. The van der Waals surface area contributed by atoms with Crippen molar-refractivity contribution in [2.24, 2.45) is 11.3 Å². The Morgan fingerprint density at radius 1 is 1.39 bits per heavy atom. The molecule has 0 saturated heterocycles. The van der Waals surface area contributed by atoms with E-state index < -0.39 is 0 Å². The van der Waals surface area contributed by atoms with E-state index in [1.165, 1.54) is 0 Å². The molecule has 0 radical (unpaired) electrons. The highest BCUT2D eigenvalue weighted by molar-refractivity contribution is 5.54. The average molecular weight is 250 g/mol.